The van der Waals surface area contributed by atoms with Crippen molar-refractivity contribution in [1.82, 2.24) is 15.0 Å². The van der Waals surface area contributed by atoms with Gasteiger partial charge in [-0.2, -0.15) is 0 Å². The van der Waals surface area contributed by atoms with Crippen molar-refractivity contribution in [2.75, 3.05) is 6.61 Å². The molecule has 2 aliphatic carbocycles. The van der Waals surface area contributed by atoms with Crippen LogP contribution in [0.25, 0.3) is 0 Å². The van der Waals surface area contributed by atoms with Crippen molar-refractivity contribution in [3.8, 4) is 0 Å². The molecule has 1 aromatic heterocycles. The molecule has 0 radical (unpaired) electrons. The van der Waals surface area contributed by atoms with E-state index in [1.54, 1.807) is 4.68 Å². The van der Waals surface area contributed by atoms with Crippen LogP contribution in [0.15, 0.2) is 0 Å². The van der Waals surface area contributed by atoms with Crippen LogP contribution in [0.1, 0.15) is 47.8 Å². The van der Waals surface area contributed by atoms with Crippen LogP contribution in [0.2, 0.25) is 0 Å². The summed E-state index contributed by atoms with van der Waals surface area (Å²) in [5.74, 6) is -0.711. The number of aliphatic hydroxyl groups excluding tert-OH is 1. The van der Waals surface area contributed by atoms with Crippen LogP contribution in [-0.4, -0.2) is 37.8 Å². The lowest BCUT2D eigenvalue weighted by atomic mass is 10.1. The highest BCUT2D eigenvalue weighted by molar-refractivity contribution is 5.86. The Morgan fingerprint density at radius 2 is 2.18 bits per heavy atom. The van der Waals surface area contributed by atoms with Gasteiger partial charge in [-0.25, -0.2) is 9.48 Å². The first-order chi connectivity index (χ1) is 8.15. The summed E-state index contributed by atoms with van der Waals surface area (Å²) in [5.41, 5.74) is 0.756. The Morgan fingerprint density at radius 1 is 1.47 bits per heavy atom. The van der Waals surface area contributed by atoms with Gasteiger partial charge in [-0.05, 0) is 25.7 Å². The smallest absolute Gasteiger partial charge is 0.358 e. The van der Waals surface area contributed by atoms with Crippen molar-refractivity contribution in [3.05, 3.63) is 11.4 Å². The van der Waals surface area contributed by atoms with Gasteiger partial charge in [0.1, 0.15) is 0 Å². The predicted octanol–water partition coefficient (Wildman–Crippen LogP) is 0.626. The van der Waals surface area contributed by atoms with Crippen molar-refractivity contribution in [3.63, 3.8) is 0 Å². The van der Waals surface area contributed by atoms with Gasteiger partial charge >= 0.3 is 5.97 Å². The SMILES string of the molecule is O=C(O)c1nnn(CC2(CO)CC2)c1C1CC1. The van der Waals surface area contributed by atoms with Gasteiger partial charge < -0.3 is 10.2 Å². The topological polar surface area (TPSA) is 88.2 Å². The van der Waals surface area contributed by atoms with Crippen molar-refractivity contribution in [2.45, 2.75) is 38.1 Å². The van der Waals surface area contributed by atoms with Crippen LogP contribution in [0.3, 0.4) is 0 Å². The van der Waals surface area contributed by atoms with E-state index in [-0.39, 0.29) is 17.7 Å². The second kappa shape index (κ2) is 3.53. The number of aromatic carboxylic acids is 1. The summed E-state index contributed by atoms with van der Waals surface area (Å²) in [6, 6.07) is 0. The quantitative estimate of drug-likeness (QED) is 0.784. The molecule has 2 N–H and O–H groups in total. The molecule has 0 bridgehead atoms. The van der Waals surface area contributed by atoms with Crippen LogP contribution >= 0.6 is 0 Å². The number of hydrogen-bond donors (Lipinski definition) is 2. The molecule has 0 unspecified atom stereocenters. The van der Waals surface area contributed by atoms with Gasteiger partial charge in [0, 0.05) is 11.3 Å². The van der Waals surface area contributed by atoms with Crippen LogP contribution in [0, 0.1) is 5.41 Å². The Labute approximate surface area is 98.2 Å². The van der Waals surface area contributed by atoms with E-state index in [1.807, 2.05) is 0 Å². The van der Waals surface area contributed by atoms with E-state index >= 15 is 0 Å². The number of hydrogen-bond acceptors (Lipinski definition) is 4. The van der Waals surface area contributed by atoms with Crippen LogP contribution in [-0.2, 0) is 6.54 Å². The summed E-state index contributed by atoms with van der Waals surface area (Å²) in [5, 5.41) is 26.1. The standard InChI is InChI=1S/C11H15N3O3/c15-6-11(3-4-11)5-14-9(7-1-2-7)8(10(16)17)12-13-14/h7,15H,1-6H2,(H,16,17). The molecule has 6 nitrogen and oxygen atoms in total. The summed E-state index contributed by atoms with van der Waals surface area (Å²) in [6.07, 6.45) is 3.99. The molecule has 0 amide bonds. The van der Waals surface area contributed by atoms with Crippen LogP contribution < -0.4 is 0 Å². The molecule has 3 rings (SSSR count). The summed E-state index contributed by atoms with van der Waals surface area (Å²) in [7, 11) is 0. The lowest BCUT2D eigenvalue weighted by molar-refractivity contribution is 0.0689. The van der Waals surface area contributed by atoms with E-state index in [0.29, 0.717) is 12.5 Å². The largest absolute Gasteiger partial charge is 0.476 e. The lowest BCUT2D eigenvalue weighted by Gasteiger charge is -2.13. The first kappa shape index (κ1) is 10.7. The molecular weight excluding hydrogens is 222 g/mol. The molecule has 2 saturated carbocycles. The Bertz CT molecular complexity index is 461. The molecule has 1 aromatic rings. The minimum atomic E-state index is -1.01. The van der Waals surface area contributed by atoms with Gasteiger partial charge in [0.2, 0.25) is 0 Å². The third-order valence-electron chi connectivity index (χ3n) is 3.72. The number of rotatable bonds is 5. The van der Waals surface area contributed by atoms with Gasteiger partial charge in [0.15, 0.2) is 5.69 Å². The van der Waals surface area contributed by atoms with Crippen molar-refractivity contribution in [1.29, 1.82) is 0 Å². The van der Waals surface area contributed by atoms with Crippen LogP contribution in [0.5, 0.6) is 0 Å². The second-order valence-corrected chi connectivity index (χ2v) is 5.22. The van der Waals surface area contributed by atoms with Crippen LogP contribution in [0.4, 0.5) is 0 Å². The fraction of sp³-hybridized carbons (Fsp3) is 0.727. The van der Waals surface area contributed by atoms with Gasteiger partial charge in [-0.3, -0.25) is 0 Å². The molecule has 17 heavy (non-hydrogen) atoms. The zero-order valence-corrected chi connectivity index (χ0v) is 9.46. The normalized spacial score (nSPS) is 21.5. The minimum absolute atomic E-state index is 0.0763. The van der Waals surface area contributed by atoms with Gasteiger partial charge in [0.05, 0.1) is 18.8 Å². The number of carboxylic acids is 1. The third kappa shape index (κ3) is 1.82. The van der Waals surface area contributed by atoms with Gasteiger partial charge in [-0.1, -0.05) is 5.21 Å². The Hall–Kier alpha value is -1.43. The zero-order valence-electron chi connectivity index (χ0n) is 9.46. The molecule has 0 aromatic carbocycles. The fourth-order valence-corrected chi connectivity index (χ4v) is 2.21. The first-order valence-corrected chi connectivity index (χ1v) is 5.93. The summed E-state index contributed by atoms with van der Waals surface area (Å²) in [6.45, 7) is 0.731. The van der Waals surface area contributed by atoms with Gasteiger partial charge in [0.25, 0.3) is 0 Å². The van der Waals surface area contributed by atoms with Gasteiger partial charge in [-0.15, -0.1) is 5.10 Å². The molecule has 0 aliphatic heterocycles. The Kier molecular flexibility index (Phi) is 2.22. The number of nitrogens with zero attached hydrogens (tertiary/aromatic N) is 3. The van der Waals surface area contributed by atoms with E-state index < -0.39 is 5.97 Å². The highest BCUT2D eigenvalue weighted by Gasteiger charge is 2.44. The maximum absolute atomic E-state index is 11.1. The molecule has 2 fully saturated rings. The number of carbonyl (C=O) groups is 1. The average Bonchev–Trinajstić information content (AvgIpc) is 3.20. The molecule has 1 heterocycles. The van der Waals surface area contributed by atoms with E-state index in [1.165, 1.54) is 0 Å². The highest BCUT2D eigenvalue weighted by atomic mass is 16.4. The van der Waals surface area contributed by atoms with E-state index in [0.717, 1.165) is 31.4 Å². The van der Waals surface area contributed by atoms with Crippen molar-refractivity contribution >= 4 is 5.97 Å². The maximum atomic E-state index is 11.1. The second-order valence-electron chi connectivity index (χ2n) is 5.22. The molecular formula is C11H15N3O3. The number of aliphatic hydroxyl groups is 1. The van der Waals surface area contributed by atoms with E-state index in [9.17, 15) is 9.90 Å². The zero-order chi connectivity index (χ0) is 12.0. The molecule has 0 spiro atoms. The summed E-state index contributed by atoms with van der Waals surface area (Å²) >= 11 is 0. The maximum Gasteiger partial charge on any atom is 0.358 e. The fourth-order valence-electron chi connectivity index (χ4n) is 2.21. The predicted molar refractivity (Wildman–Crippen MR) is 57.7 cm³/mol. The van der Waals surface area contributed by atoms with Crippen molar-refractivity contribution < 1.29 is 15.0 Å². The third-order valence-corrected chi connectivity index (χ3v) is 3.72. The Morgan fingerprint density at radius 3 is 2.65 bits per heavy atom. The summed E-state index contributed by atoms with van der Waals surface area (Å²) in [4.78, 5) is 11.1. The monoisotopic (exact) mass is 237 g/mol. The lowest BCUT2D eigenvalue weighted by Crippen LogP contribution is -2.19. The summed E-state index contributed by atoms with van der Waals surface area (Å²) < 4.78 is 1.70. The first-order valence-electron chi connectivity index (χ1n) is 5.93. The average molecular weight is 237 g/mol. The van der Waals surface area contributed by atoms with E-state index in [4.69, 9.17) is 5.11 Å². The molecule has 6 heteroatoms. The van der Waals surface area contributed by atoms with Crippen molar-refractivity contribution in [2.24, 2.45) is 5.41 Å². The molecule has 0 atom stereocenters. The molecule has 0 saturated heterocycles. The molecule has 92 valence electrons. The molecule has 2 aliphatic rings. The highest BCUT2D eigenvalue weighted by Crippen LogP contribution is 2.48. The number of carboxylic acid groups (broad SMARTS) is 1. The minimum Gasteiger partial charge on any atom is -0.476 e. The number of aromatic nitrogens is 3. The Balaban J connectivity index is 1.91. The van der Waals surface area contributed by atoms with E-state index in [2.05, 4.69) is 10.3 Å².